The quantitative estimate of drug-likeness (QED) is 0.770. The van der Waals surface area contributed by atoms with Gasteiger partial charge in [-0.05, 0) is 61.8 Å². The molecule has 2 rings (SSSR count). The van der Waals surface area contributed by atoms with Crippen LogP contribution in [0.1, 0.15) is 42.9 Å². The molecule has 1 aliphatic rings. The summed E-state index contributed by atoms with van der Waals surface area (Å²) in [5.74, 6) is 1.29. The smallest absolute Gasteiger partial charge is 0.0323 e. The minimum Gasteiger partial charge on any atom is -0.310 e. The molecule has 1 N–H and O–H groups in total. The molecule has 0 aromatic heterocycles. The van der Waals surface area contributed by atoms with Crippen LogP contribution < -0.4 is 5.32 Å². The normalized spacial score (nSPS) is 19.0. The molecule has 0 fully saturated rings. The lowest BCUT2D eigenvalue weighted by Crippen LogP contribution is -2.26. The van der Waals surface area contributed by atoms with Gasteiger partial charge in [0.25, 0.3) is 0 Å². The third-order valence-corrected chi connectivity index (χ3v) is 4.23. The lowest BCUT2D eigenvalue weighted by atomic mass is 9.88. The molecule has 0 saturated heterocycles. The Morgan fingerprint density at radius 3 is 3.06 bits per heavy atom. The first-order valence-electron chi connectivity index (χ1n) is 6.72. The van der Waals surface area contributed by atoms with Crippen LogP contribution in [0.25, 0.3) is 0 Å². The van der Waals surface area contributed by atoms with E-state index in [1.807, 2.05) is 11.8 Å². The number of rotatable bonds is 6. The highest BCUT2D eigenvalue weighted by Gasteiger charge is 2.18. The van der Waals surface area contributed by atoms with Crippen LogP contribution in [0.15, 0.2) is 24.3 Å². The molecular formula is C15H23NS. The van der Waals surface area contributed by atoms with Crippen molar-refractivity contribution in [1.29, 1.82) is 0 Å². The van der Waals surface area contributed by atoms with Gasteiger partial charge in [-0.2, -0.15) is 11.8 Å². The third-order valence-electron chi connectivity index (χ3n) is 3.54. The average Bonchev–Trinajstić information content (AvgIpc) is 2.39. The van der Waals surface area contributed by atoms with Crippen LogP contribution in [0.4, 0.5) is 0 Å². The topological polar surface area (TPSA) is 12.0 Å². The molecule has 0 heterocycles. The molecule has 1 nitrogen and oxygen atoms in total. The van der Waals surface area contributed by atoms with Gasteiger partial charge in [0.05, 0.1) is 0 Å². The lowest BCUT2D eigenvalue weighted by molar-refractivity contribution is 0.455. The van der Waals surface area contributed by atoms with Crippen molar-refractivity contribution in [1.82, 2.24) is 5.32 Å². The summed E-state index contributed by atoms with van der Waals surface area (Å²) in [6.45, 7) is 1.17. The van der Waals surface area contributed by atoms with Crippen LogP contribution in [0.3, 0.4) is 0 Å². The second-order valence-electron chi connectivity index (χ2n) is 4.80. The summed E-state index contributed by atoms with van der Waals surface area (Å²) in [6.07, 6.45) is 8.73. The molecule has 0 saturated carbocycles. The lowest BCUT2D eigenvalue weighted by Gasteiger charge is -2.26. The van der Waals surface area contributed by atoms with E-state index in [1.54, 1.807) is 11.1 Å². The van der Waals surface area contributed by atoms with Crippen molar-refractivity contribution in [2.45, 2.75) is 38.1 Å². The van der Waals surface area contributed by atoms with Crippen molar-refractivity contribution in [2.75, 3.05) is 18.6 Å². The molecule has 0 bridgehead atoms. The van der Waals surface area contributed by atoms with Gasteiger partial charge < -0.3 is 5.32 Å². The van der Waals surface area contributed by atoms with E-state index in [4.69, 9.17) is 0 Å². The standard InChI is InChI=1S/C15H23NS/c1-17-12-5-4-11-16-15-10-6-8-13-7-2-3-9-14(13)15/h2-3,7,9,15-16H,4-6,8,10-12H2,1H3. The SMILES string of the molecule is CSCCCCNC1CCCc2ccccc21. The summed E-state index contributed by atoms with van der Waals surface area (Å²) >= 11 is 1.95. The van der Waals surface area contributed by atoms with E-state index in [9.17, 15) is 0 Å². The summed E-state index contributed by atoms with van der Waals surface area (Å²) < 4.78 is 0. The number of thioether (sulfide) groups is 1. The summed E-state index contributed by atoms with van der Waals surface area (Å²) in [5.41, 5.74) is 3.10. The van der Waals surface area contributed by atoms with Gasteiger partial charge in [0.1, 0.15) is 0 Å². The number of hydrogen-bond donors (Lipinski definition) is 1. The molecule has 1 aliphatic carbocycles. The molecule has 1 atom stereocenters. The van der Waals surface area contributed by atoms with E-state index in [-0.39, 0.29) is 0 Å². The number of fused-ring (bicyclic) bond motifs is 1. The van der Waals surface area contributed by atoms with Gasteiger partial charge in [-0.1, -0.05) is 24.3 Å². The Hall–Kier alpha value is -0.470. The first kappa shape index (κ1) is 13.0. The maximum absolute atomic E-state index is 3.73. The van der Waals surface area contributed by atoms with Crippen LogP contribution in [0.2, 0.25) is 0 Å². The van der Waals surface area contributed by atoms with E-state index in [2.05, 4.69) is 35.8 Å². The van der Waals surface area contributed by atoms with Gasteiger partial charge in [0, 0.05) is 6.04 Å². The zero-order chi connectivity index (χ0) is 11.9. The summed E-state index contributed by atoms with van der Waals surface area (Å²) in [6, 6.07) is 9.53. The van der Waals surface area contributed by atoms with Crippen molar-refractivity contribution >= 4 is 11.8 Å². The monoisotopic (exact) mass is 249 g/mol. The molecule has 17 heavy (non-hydrogen) atoms. The predicted octanol–water partition coefficient (Wildman–Crippen LogP) is 3.80. The van der Waals surface area contributed by atoms with Crippen molar-refractivity contribution in [3.05, 3.63) is 35.4 Å². The van der Waals surface area contributed by atoms with Crippen LogP contribution in [-0.2, 0) is 6.42 Å². The largest absolute Gasteiger partial charge is 0.310 e. The molecule has 0 radical (unpaired) electrons. The highest BCUT2D eigenvalue weighted by Crippen LogP contribution is 2.29. The van der Waals surface area contributed by atoms with Gasteiger partial charge in [0.15, 0.2) is 0 Å². The number of aryl methyl sites for hydroxylation is 1. The minimum atomic E-state index is 0.606. The Balaban J connectivity index is 1.82. The molecular weight excluding hydrogens is 226 g/mol. The molecule has 1 unspecified atom stereocenters. The highest BCUT2D eigenvalue weighted by molar-refractivity contribution is 7.98. The second-order valence-corrected chi connectivity index (χ2v) is 5.78. The van der Waals surface area contributed by atoms with Crippen molar-refractivity contribution < 1.29 is 0 Å². The van der Waals surface area contributed by atoms with E-state index in [0.29, 0.717) is 6.04 Å². The van der Waals surface area contributed by atoms with Crippen LogP contribution >= 0.6 is 11.8 Å². The van der Waals surface area contributed by atoms with E-state index < -0.39 is 0 Å². The maximum atomic E-state index is 3.73. The summed E-state index contributed by atoms with van der Waals surface area (Å²) in [4.78, 5) is 0. The molecule has 2 heteroatoms. The molecule has 0 spiro atoms. The van der Waals surface area contributed by atoms with Crippen molar-refractivity contribution in [2.24, 2.45) is 0 Å². The van der Waals surface area contributed by atoms with E-state index in [0.717, 1.165) is 0 Å². The average molecular weight is 249 g/mol. The van der Waals surface area contributed by atoms with Crippen LogP contribution in [0, 0.1) is 0 Å². The fraction of sp³-hybridized carbons (Fsp3) is 0.600. The Labute approximate surface area is 109 Å². The zero-order valence-electron chi connectivity index (χ0n) is 10.7. The molecule has 1 aromatic carbocycles. The maximum Gasteiger partial charge on any atom is 0.0323 e. The number of hydrogen-bond acceptors (Lipinski definition) is 2. The summed E-state index contributed by atoms with van der Waals surface area (Å²) in [5, 5.41) is 3.73. The number of nitrogens with one attached hydrogen (secondary N) is 1. The van der Waals surface area contributed by atoms with E-state index in [1.165, 1.54) is 44.4 Å². The molecule has 0 amide bonds. The number of unbranched alkanes of at least 4 members (excludes halogenated alkanes) is 1. The van der Waals surface area contributed by atoms with Gasteiger partial charge in [-0.3, -0.25) is 0 Å². The minimum absolute atomic E-state index is 0.606. The van der Waals surface area contributed by atoms with Crippen molar-refractivity contribution in [3.63, 3.8) is 0 Å². The Bertz CT molecular complexity index is 337. The zero-order valence-corrected chi connectivity index (χ0v) is 11.6. The molecule has 0 aliphatic heterocycles. The van der Waals surface area contributed by atoms with Gasteiger partial charge in [-0.25, -0.2) is 0 Å². The van der Waals surface area contributed by atoms with E-state index >= 15 is 0 Å². The first-order valence-corrected chi connectivity index (χ1v) is 8.11. The van der Waals surface area contributed by atoms with Crippen LogP contribution in [-0.4, -0.2) is 18.6 Å². The van der Waals surface area contributed by atoms with Gasteiger partial charge in [0.2, 0.25) is 0 Å². The first-order chi connectivity index (χ1) is 8.42. The fourth-order valence-electron chi connectivity index (χ4n) is 2.61. The fourth-order valence-corrected chi connectivity index (χ4v) is 3.11. The third kappa shape index (κ3) is 3.75. The molecule has 94 valence electrons. The Morgan fingerprint density at radius 2 is 2.18 bits per heavy atom. The predicted molar refractivity (Wildman–Crippen MR) is 77.7 cm³/mol. The molecule has 1 aromatic rings. The Kier molecular flexibility index (Phi) is 5.40. The van der Waals surface area contributed by atoms with Crippen molar-refractivity contribution in [3.8, 4) is 0 Å². The van der Waals surface area contributed by atoms with Gasteiger partial charge >= 0.3 is 0 Å². The van der Waals surface area contributed by atoms with Gasteiger partial charge in [-0.15, -0.1) is 0 Å². The second kappa shape index (κ2) is 7.07. The Morgan fingerprint density at radius 1 is 1.29 bits per heavy atom. The highest BCUT2D eigenvalue weighted by atomic mass is 32.2. The van der Waals surface area contributed by atoms with Crippen LogP contribution in [0.5, 0.6) is 0 Å². The number of benzene rings is 1. The summed E-state index contributed by atoms with van der Waals surface area (Å²) in [7, 11) is 0.